The third-order valence-corrected chi connectivity index (χ3v) is 5.62. The van der Waals surface area contributed by atoms with Gasteiger partial charge in [-0.1, -0.05) is 42.5 Å². The molecule has 4 heteroatoms. The summed E-state index contributed by atoms with van der Waals surface area (Å²) in [5, 5.41) is 9.20. The van der Waals surface area contributed by atoms with Crippen LogP contribution in [0.2, 0.25) is 0 Å². The van der Waals surface area contributed by atoms with Crippen molar-refractivity contribution in [1.82, 2.24) is 4.57 Å². The third kappa shape index (κ3) is 3.36. The molecule has 5 rings (SSSR count). The molecule has 0 N–H and O–H groups in total. The van der Waals surface area contributed by atoms with Gasteiger partial charge in [-0.25, -0.2) is 5.01 Å². The number of aromatic nitrogens is 1. The summed E-state index contributed by atoms with van der Waals surface area (Å²) in [4.78, 5) is 0.966. The Labute approximate surface area is 181 Å². The number of rotatable bonds is 4. The van der Waals surface area contributed by atoms with E-state index in [-0.39, 0.29) is 0 Å². The van der Waals surface area contributed by atoms with Crippen molar-refractivity contribution in [2.75, 3.05) is 5.01 Å². The number of fused-ring (bicyclic) bond motifs is 3. The molecule has 0 saturated carbocycles. The van der Waals surface area contributed by atoms with Crippen LogP contribution in [0, 0.1) is 0 Å². The summed E-state index contributed by atoms with van der Waals surface area (Å²) in [7, 11) is 2.10. The van der Waals surface area contributed by atoms with Crippen molar-refractivity contribution in [1.29, 1.82) is 0 Å². The Balaban J connectivity index is 1.59. The molecule has 0 fully saturated rings. The number of nitrogens with zero attached hydrogens (tertiary/aromatic N) is 3. The van der Waals surface area contributed by atoms with Gasteiger partial charge in [-0.15, -0.1) is 12.6 Å². The molecule has 1 heterocycles. The molecule has 0 spiro atoms. The Morgan fingerprint density at radius 1 is 0.733 bits per heavy atom. The Hall–Kier alpha value is -3.50. The maximum absolute atomic E-state index is 4.83. The van der Waals surface area contributed by atoms with Gasteiger partial charge < -0.3 is 4.57 Å². The minimum Gasteiger partial charge on any atom is -0.344 e. The average molecular weight is 408 g/mol. The Kier molecular flexibility index (Phi) is 4.77. The quantitative estimate of drug-likeness (QED) is 0.197. The predicted molar refractivity (Wildman–Crippen MR) is 130 cm³/mol. The van der Waals surface area contributed by atoms with Gasteiger partial charge in [0.1, 0.15) is 0 Å². The first kappa shape index (κ1) is 18.5. The fourth-order valence-corrected chi connectivity index (χ4v) is 4.05. The van der Waals surface area contributed by atoms with Crippen LogP contribution in [0.3, 0.4) is 0 Å². The largest absolute Gasteiger partial charge is 0.344 e. The summed E-state index contributed by atoms with van der Waals surface area (Å²) in [5.41, 5.74) is 5.49. The molecule has 4 aromatic carbocycles. The molecule has 0 bridgehead atoms. The van der Waals surface area contributed by atoms with Gasteiger partial charge in [-0.05, 0) is 60.2 Å². The molecule has 0 atom stereocenters. The van der Waals surface area contributed by atoms with Crippen LogP contribution in [0.1, 0.15) is 5.56 Å². The highest BCUT2D eigenvalue weighted by Gasteiger charge is 2.10. The van der Waals surface area contributed by atoms with Gasteiger partial charge in [-0.3, -0.25) is 0 Å². The maximum Gasteiger partial charge on any atom is 0.0652 e. The zero-order chi connectivity index (χ0) is 20.5. The Morgan fingerprint density at radius 2 is 1.30 bits per heavy atom. The van der Waals surface area contributed by atoms with Crippen molar-refractivity contribution in [2.45, 2.75) is 4.90 Å². The Bertz CT molecular complexity index is 1320. The summed E-state index contributed by atoms with van der Waals surface area (Å²) in [6, 6.07) is 33.1. The summed E-state index contributed by atoms with van der Waals surface area (Å²) < 4.78 is 2.22. The Morgan fingerprint density at radius 3 is 1.93 bits per heavy atom. The van der Waals surface area contributed by atoms with Gasteiger partial charge in [0.15, 0.2) is 0 Å². The number of hydrogen-bond donors (Lipinski definition) is 1. The van der Waals surface area contributed by atoms with Crippen LogP contribution in [0.25, 0.3) is 21.8 Å². The van der Waals surface area contributed by atoms with E-state index in [2.05, 4.69) is 78.8 Å². The zero-order valence-corrected chi connectivity index (χ0v) is 17.5. The molecule has 0 radical (unpaired) electrons. The van der Waals surface area contributed by atoms with Crippen molar-refractivity contribution in [3.63, 3.8) is 0 Å². The smallest absolute Gasteiger partial charge is 0.0652 e. The number of aryl methyl sites for hydroxylation is 1. The first-order valence-electron chi connectivity index (χ1n) is 9.86. The predicted octanol–water partition coefficient (Wildman–Crippen LogP) is 6.79. The maximum atomic E-state index is 4.83. The molecular weight excluding hydrogens is 386 g/mol. The fourth-order valence-electron chi connectivity index (χ4n) is 3.85. The van der Waals surface area contributed by atoms with E-state index < -0.39 is 0 Å². The van der Waals surface area contributed by atoms with Crippen LogP contribution in [0.5, 0.6) is 0 Å². The van der Waals surface area contributed by atoms with Crippen LogP contribution in [0.4, 0.5) is 11.4 Å². The SMILES string of the molecule is Cn1c2ccc(S)cc2c2cc(C=NN(c3ccccc3)c3ccccc3)ccc21. The summed E-state index contributed by atoms with van der Waals surface area (Å²) >= 11 is 4.53. The second kappa shape index (κ2) is 7.73. The molecule has 0 unspecified atom stereocenters. The third-order valence-electron chi connectivity index (χ3n) is 5.34. The normalized spacial score (nSPS) is 11.5. The van der Waals surface area contributed by atoms with E-state index in [0.29, 0.717) is 0 Å². The fraction of sp³-hybridized carbons (Fsp3) is 0.0385. The van der Waals surface area contributed by atoms with Crippen molar-refractivity contribution >= 4 is 52.0 Å². The number of para-hydroxylation sites is 2. The molecule has 0 aliphatic heterocycles. The van der Waals surface area contributed by atoms with Crippen LogP contribution in [-0.2, 0) is 7.05 Å². The first-order valence-corrected chi connectivity index (χ1v) is 10.3. The average Bonchev–Trinajstić information content (AvgIpc) is 3.06. The number of thiol groups is 1. The highest BCUT2D eigenvalue weighted by molar-refractivity contribution is 7.80. The zero-order valence-electron chi connectivity index (χ0n) is 16.6. The molecule has 5 aromatic rings. The molecule has 3 nitrogen and oxygen atoms in total. The molecule has 0 aliphatic carbocycles. The van der Waals surface area contributed by atoms with E-state index in [1.54, 1.807) is 0 Å². The van der Waals surface area contributed by atoms with E-state index in [1.807, 2.05) is 53.7 Å². The first-order chi connectivity index (χ1) is 14.7. The lowest BCUT2D eigenvalue weighted by molar-refractivity contribution is 1.01. The van der Waals surface area contributed by atoms with Crippen LogP contribution in [0.15, 0.2) is 107 Å². The molecule has 0 saturated heterocycles. The van der Waals surface area contributed by atoms with Crippen LogP contribution >= 0.6 is 12.6 Å². The van der Waals surface area contributed by atoms with E-state index in [9.17, 15) is 0 Å². The van der Waals surface area contributed by atoms with Gasteiger partial charge in [0.05, 0.1) is 17.6 Å². The summed E-state index contributed by atoms with van der Waals surface area (Å²) in [6.07, 6.45) is 1.92. The molecule has 146 valence electrons. The van der Waals surface area contributed by atoms with Crippen LogP contribution < -0.4 is 5.01 Å². The number of benzene rings is 4. The topological polar surface area (TPSA) is 20.5 Å². The summed E-state index contributed by atoms with van der Waals surface area (Å²) in [5.74, 6) is 0. The van der Waals surface area contributed by atoms with Crippen LogP contribution in [-0.4, -0.2) is 10.8 Å². The highest BCUT2D eigenvalue weighted by atomic mass is 32.1. The van der Waals surface area contributed by atoms with Gasteiger partial charge in [0.25, 0.3) is 0 Å². The molecule has 1 aromatic heterocycles. The molecule has 0 amide bonds. The minimum absolute atomic E-state index is 0.966. The monoisotopic (exact) mass is 407 g/mol. The highest BCUT2D eigenvalue weighted by Crippen LogP contribution is 2.30. The summed E-state index contributed by atoms with van der Waals surface area (Å²) in [6.45, 7) is 0. The van der Waals surface area contributed by atoms with Crippen molar-refractivity contribution in [2.24, 2.45) is 12.1 Å². The lowest BCUT2D eigenvalue weighted by Crippen LogP contribution is -2.09. The van der Waals surface area contributed by atoms with Crippen molar-refractivity contribution in [3.8, 4) is 0 Å². The minimum atomic E-state index is 0.966. The second-order valence-corrected chi connectivity index (χ2v) is 7.78. The molecule has 0 aliphatic rings. The van der Waals surface area contributed by atoms with E-state index in [1.165, 1.54) is 21.8 Å². The number of hydrogen-bond acceptors (Lipinski definition) is 3. The standard InChI is InChI=1S/C26H21N3S/c1-28-25-14-12-19(16-23(25)24-17-22(30)13-15-26(24)28)18-27-29(20-8-4-2-5-9-20)21-10-6-3-7-11-21/h2-18,30H,1H3. The van der Waals surface area contributed by atoms with Gasteiger partial charge >= 0.3 is 0 Å². The van der Waals surface area contributed by atoms with Crippen molar-refractivity contribution in [3.05, 3.63) is 103 Å². The molecular formula is C26H21N3S. The lowest BCUT2D eigenvalue weighted by atomic mass is 10.1. The van der Waals surface area contributed by atoms with E-state index in [0.717, 1.165) is 21.8 Å². The van der Waals surface area contributed by atoms with Crippen molar-refractivity contribution < 1.29 is 0 Å². The van der Waals surface area contributed by atoms with Gasteiger partial charge in [-0.2, -0.15) is 5.10 Å². The molecule has 30 heavy (non-hydrogen) atoms. The number of hydrazone groups is 1. The van der Waals surface area contributed by atoms with E-state index >= 15 is 0 Å². The number of anilines is 2. The lowest BCUT2D eigenvalue weighted by Gasteiger charge is -2.19. The van der Waals surface area contributed by atoms with E-state index in [4.69, 9.17) is 5.10 Å². The van der Waals surface area contributed by atoms with Gasteiger partial charge in [0, 0.05) is 33.7 Å². The van der Waals surface area contributed by atoms with Gasteiger partial charge in [0.2, 0.25) is 0 Å². The second-order valence-electron chi connectivity index (χ2n) is 7.26.